The molecule has 0 unspecified atom stereocenters. The van der Waals surface area contributed by atoms with E-state index in [1.807, 2.05) is 37.3 Å². The summed E-state index contributed by atoms with van der Waals surface area (Å²) in [7, 11) is 0. The Morgan fingerprint density at radius 3 is 2.29 bits per heavy atom. The van der Waals surface area contributed by atoms with Gasteiger partial charge in [0.1, 0.15) is 42.7 Å². The normalized spacial score (nSPS) is 39.9. The first-order valence-electron chi connectivity index (χ1n) is 10.4. The predicted molar refractivity (Wildman–Crippen MR) is 106 cm³/mol. The first-order chi connectivity index (χ1) is 14.8. The van der Waals surface area contributed by atoms with Crippen molar-refractivity contribution in [3.05, 3.63) is 35.9 Å². The quantitative estimate of drug-likeness (QED) is 0.273. The second-order valence-corrected chi connectivity index (χ2v) is 8.07. The molecule has 3 rings (SSSR count). The van der Waals surface area contributed by atoms with Crippen molar-refractivity contribution < 1.29 is 49.6 Å². The fraction of sp³-hybridized carbons (Fsp3) is 0.714. The average Bonchev–Trinajstić information content (AvgIpc) is 2.77. The molecule has 0 bridgehead atoms. The number of ether oxygens (including phenoxy) is 4. The van der Waals surface area contributed by atoms with Gasteiger partial charge in [0.15, 0.2) is 12.6 Å². The number of aryl methyl sites for hydroxylation is 1. The second kappa shape index (κ2) is 11.1. The molecule has 0 aliphatic carbocycles. The van der Waals surface area contributed by atoms with Crippen LogP contribution in [0.4, 0.5) is 0 Å². The summed E-state index contributed by atoms with van der Waals surface area (Å²) in [6.45, 7) is 1.28. The van der Waals surface area contributed by atoms with Crippen LogP contribution in [0.2, 0.25) is 0 Å². The number of rotatable bonds is 8. The van der Waals surface area contributed by atoms with Crippen LogP contribution in [0.5, 0.6) is 0 Å². The van der Waals surface area contributed by atoms with Crippen molar-refractivity contribution in [2.75, 3.05) is 13.2 Å². The number of aliphatic hydroxyl groups excluding tert-OH is 6. The van der Waals surface area contributed by atoms with Gasteiger partial charge in [0.05, 0.1) is 19.3 Å². The van der Waals surface area contributed by atoms with Crippen LogP contribution in [0.1, 0.15) is 18.9 Å². The van der Waals surface area contributed by atoms with Gasteiger partial charge in [-0.2, -0.15) is 0 Å². The highest BCUT2D eigenvalue weighted by molar-refractivity contribution is 5.14. The predicted octanol–water partition coefficient (Wildman–Crippen LogP) is -1.71. The summed E-state index contributed by atoms with van der Waals surface area (Å²) in [4.78, 5) is 0. The zero-order valence-electron chi connectivity index (χ0n) is 17.3. The maximum Gasteiger partial charge on any atom is 0.186 e. The van der Waals surface area contributed by atoms with E-state index in [1.165, 1.54) is 0 Å². The van der Waals surface area contributed by atoms with E-state index in [4.69, 9.17) is 18.9 Å². The standard InChI is InChI=1S/C21H32O10/c1-11(7-8-12-5-3-2-4-6-12)30-21-19(27)17(25)16(24)14(31-21)10-29-20-18(26)15(23)13(22)9-28-20/h2-6,11,13-27H,7-10H2,1H3/t11-,13-,14-,15+,16-,17+,18-,19-,20+,21-/m1/s1. The fourth-order valence-electron chi connectivity index (χ4n) is 3.59. The van der Waals surface area contributed by atoms with Crippen LogP contribution in [0.3, 0.4) is 0 Å². The van der Waals surface area contributed by atoms with E-state index in [9.17, 15) is 30.6 Å². The lowest BCUT2D eigenvalue weighted by Crippen LogP contribution is -2.60. The minimum Gasteiger partial charge on any atom is -0.388 e. The van der Waals surface area contributed by atoms with Crippen LogP contribution in [0.25, 0.3) is 0 Å². The van der Waals surface area contributed by atoms with Gasteiger partial charge in [0.25, 0.3) is 0 Å². The van der Waals surface area contributed by atoms with Crippen LogP contribution >= 0.6 is 0 Å². The van der Waals surface area contributed by atoms with E-state index in [0.29, 0.717) is 6.42 Å². The third-order valence-corrected chi connectivity index (χ3v) is 5.60. The fourth-order valence-corrected chi connectivity index (χ4v) is 3.59. The average molecular weight is 444 g/mol. The second-order valence-electron chi connectivity index (χ2n) is 8.07. The zero-order valence-corrected chi connectivity index (χ0v) is 17.3. The number of benzene rings is 1. The highest BCUT2D eigenvalue weighted by atomic mass is 16.7. The van der Waals surface area contributed by atoms with Crippen molar-refractivity contribution in [2.45, 2.75) is 81.2 Å². The van der Waals surface area contributed by atoms with Crippen molar-refractivity contribution >= 4 is 0 Å². The Kier molecular flexibility index (Phi) is 8.76. The lowest BCUT2D eigenvalue weighted by molar-refractivity contribution is -0.326. The summed E-state index contributed by atoms with van der Waals surface area (Å²) < 4.78 is 21.9. The van der Waals surface area contributed by atoms with Crippen molar-refractivity contribution in [1.82, 2.24) is 0 Å². The molecule has 31 heavy (non-hydrogen) atoms. The number of hydrogen-bond acceptors (Lipinski definition) is 10. The lowest BCUT2D eigenvalue weighted by Gasteiger charge is -2.42. The van der Waals surface area contributed by atoms with E-state index in [-0.39, 0.29) is 19.3 Å². The molecule has 2 aliphatic rings. The van der Waals surface area contributed by atoms with Crippen LogP contribution in [0, 0.1) is 0 Å². The summed E-state index contributed by atoms with van der Waals surface area (Å²) in [6, 6.07) is 9.84. The van der Waals surface area contributed by atoms with Crippen molar-refractivity contribution in [3.63, 3.8) is 0 Å². The summed E-state index contributed by atoms with van der Waals surface area (Å²) >= 11 is 0. The monoisotopic (exact) mass is 444 g/mol. The molecule has 10 atom stereocenters. The van der Waals surface area contributed by atoms with Crippen molar-refractivity contribution in [2.24, 2.45) is 0 Å². The molecule has 0 amide bonds. The number of aliphatic hydroxyl groups is 6. The van der Waals surface area contributed by atoms with Gasteiger partial charge < -0.3 is 49.6 Å². The summed E-state index contributed by atoms with van der Waals surface area (Å²) in [6.07, 6.45) is -11.0. The van der Waals surface area contributed by atoms with Gasteiger partial charge in [-0.1, -0.05) is 30.3 Å². The number of hydrogen-bond donors (Lipinski definition) is 6. The smallest absolute Gasteiger partial charge is 0.186 e. The van der Waals surface area contributed by atoms with Gasteiger partial charge in [0, 0.05) is 0 Å². The molecule has 0 spiro atoms. The Morgan fingerprint density at radius 1 is 0.903 bits per heavy atom. The van der Waals surface area contributed by atoms with Crippen molar-refractivity contribution in [1.29, 1.82) is 0 Å². The molecule has 2 aliphatic heterocycles. The van der Waals surface area contributed by atoms with Gasteiger partial charge in [-0.15, -0.1) is 0 Å². The summed E-state index contributed by atoms with van der Waals surface area (Å²) in [5.74, 6) is 0. The van der Waals surface area contributed by atoms with E-state index in [0.717, 1.165) is 12.0 Å². The molecule has 2 fully saturated rings. The molecular weight excluding hydrogens is 412 g/mol. The minimum absolute atomic E-state index is 0.233. The molecule has 2 heterocycles. The van der Waals surface area contributed by atoms with Crippen LogP contribution in [0.15, 0.2) is 30.3 Å². The summed E-state index contributed by atoms with van der Waals surface area (Å²) in [5.41, 5.74) is 1.14. The van der Waals surface area contributed by atoms with E-state index >= 15 is 0 Å². The largest absolute Gasteiger partial charge is 0.388 e. The molecule has 0 saturated carbocycles. The topological polar surface area (TPSA) is 158 Å². The molecule has 176 valence electrons. The first kappa shape index (κ1) is 24.5. The molecular formula is C21H32O10. The minimum atomic E-state index is -1.53. The Hall–Kier alpha value is -1.18. The van der Waals surface area contributed by atoms with Gasteiger partial charge in [-0.25, -0.2) is 0 Å². The Balaban J connectivity index is 1.52. The van der Waals surface area contributed by atoms with Gasteiger partial charge in [-0.3, -0.25) is 0 Å². The van der Waals surface area contributed by atoms with Gasteiger partial charge in [-0.05, 0) is 25.3 Å². The highest BCUT2D eigenvalue weighted by Gasteiger charge is 2.46. The van der Waals surface area contributed by atoms with Gasteiger partial charge in [0.2, 0.25) is 0 Å². The third-order valence-electron chi connectivity index (χ3n) is 5.60. The van der Waals surface area contributed by atoms with Crippen LogP contribution < -0.4 is 0 Å². The molecule has 1 aromatic carbocycles. The molecule has 0 aromatic heterocycles. The van der Waals surface area contributed by atoms with Crippen molar-refractivity contribution in [3.8, 4) is 0 Å². The molecule has 10 nitrogen and oxygen atoms in total. The maximum absolute atomic E-state index is 10.3. The molecule has 6 N–H and O–H groups in total. The van der Waals surface area contributed by atoms with E-state index in [1.54, 1.807) is 0 Å². The Morgan fingerprint density at radius 2 is 1.58 bits per heavy atom. The van der Waals surface area contributed by atoms with E-state index < -0.39 is 55.3 Å². The Labute approximate surface area is 180 Å². The van der Waals surface area contributed by atoms with Gasteiger partial charge >= 0.3 is 0 Å². The lowest BCUT2D eigenvalue weighted by atomic mass is 9.99. The molecule has 10 heteroatoms. The highest BCUT2D eigenvalue weighted by Crippen LogP contribution is 2.25. The molecule has 0 radical (unpaired) electrons. The summed E-state index contributed by atoms with van der Waals surface area (Å²) in [5, 5.41) is 59.9. The van der Waals surface area contributed by atoms with E-state index in [2.05, 4.69) is 0 Å². The first-order valence-corrected chi connectivity index (χ1v) is 10.4. The maximum atomic E-state index is 10.3. The SMILES string of the molecule is C[C@H](CCc1ccccc1)O[C@@H]1O[C@H](CO[C@@H]2OC[C@@H](O)[C@H](O)[C@H]2O)[C@@H](O)[C@H](O)[C@H]1O. The van der Waals surface area contributed by atoms with Crippen LogP contribution in [-0.2, 0) is 25.4 Å². The Bertz CT molecular complexity index is 661. The molecule has 1 aromatic rings. The zero-order chi connectivity index (χ0) is 22.5. The molecule has 2 saturated heterocycles. The van der Waals surface area contributed by atoms with Crippen LogP contribution in [-0.4, -0.2) is 105 Å². The third kappa shape index (κ3) is 6.20.